The number of sulfone groups is 1. The maximum Gasteiger partial charge on any atom is 0.175 e. The van der Waals surface area contributed by atoms with Gasteiger partial charge in [0.15, 0.2) is 9.84 Å². The molecule has 0 radical (unpaired) electrons. The number of alkyl halides is 1. The second kappa shape index (κ2) is 5.59. The zero-order valence-corrected chi connectivity index (χ0v) is 11.8. The fraction of sp³-hybridized carbons (Fsp3) is 0.154. The minimum atomic E-state index is -3.19. The van der Waals surface area contributed by atoms with Gasteiger partial charge in [0.2, 0.25) is 0 Å². The number of benzene rings is 1. The van der Waals surface area contributed by atoms with Crippen molar-refractivity contribution in [3.63, 3.8) is 0 Å². The predicted molar refractivity (Wildman–Crippen MR) is 73.4 cm³/mol. The van der Waals surface area contributed by atoms with Crippen LogP contribution in [-0.4, -0.2) is 19.7 Å². The first-order valence-corrected chi connectivity index (χ1v) is 7.90. The molecule has 0 amide bonds. The average Bonchev–Trinajstić information content (AvgIpc) is 2.39. The first-order valence-electron chi connectivity index (χ1n) is 5.47. The molecule has 0 fully saturated rings. The van der Waals surface area contributed by atoms with Crippen molar-refractivity contribution in [2.45, 2.75) is 10.8 Å². The van der Waals surface area contributed by atoms with Gasteiger partial charge in [-0.2, -0.15) is 0 Å². The van der Waals surface area contributed by atoms with E-state index < -0.39 is 9.84 Å². The third-order valence-corrected chi connectivity index (χ3v) is 3.90. The molecule has 0 spiro atoms. The number of aromatic nitrogens is 1. The Kier molecular flexibility index (Phi) is 4.07. The maximum atomic E-state index is 11.3. The second-order valence-electron chi connectivity index (χ2n) is 3.96. The van der Waals surface area contributed by atoms with Gasteiger partial charge in [0.25, 0.3) is 0 Å². The van der Waals surface area contributed by atoms with E-state index in [2.05, 4.69) is 4.98 Å². The van der Waals surface area contributed by atoms with E-state index in [1.165, 1.54) is 12.1 Å². The molecule has 0 aliphatic rings. The van der Waals surface area contributed by atoms with E-state index in [4.69, 9.17) is 16.3 Å². The molecular weight excluding hydrogens is 286 g/mol. The van der Waals surface area contributed by atoms with Crippen LogP contribution in [0.1, 0.15) is 5.56 Å². The molecule has 0 saturated carbocycles. The van der Waals surface area contributed by atoms with Crippen molar-refractivity contribution < 1.29 is 13.2 Å². The summed E-state index contributed by atoms with van der Waals surface area (Å²) >= 11 is 5.78. The fourth-order valence-electron chi connectivity index (χ4n) is 1.50. The van der Waals surface area contributed by atoms with Crippen molar-refractivity contribution >= 4 is 21.4 Å². The summed E-state index contributed by atoms with van der Waals surface area (Å²) in [5, 5.41) is 0. The molecule has 0 aliphatic heterocycles. The van der Waals surface area contributed by atoms with E-state index >= 15 is 0 Å². The number of ether oxygens (including phenoxy) is 1. The normalized spacial score (nSPS) is 11.3. The van der Waals surface area contributed by atoms with Crippen molar-refractivity contribution in [2.24, 2.45) is 0 Å². The highest BCUT2D eigenvalue weighted by Gasteiger charge is 2.08. The van der Waals surface area contributed by atoms with Crippen LogP contribution in [-0.2, 0) is 15.7 Å². The Hall–Kier alpha value is -1.59. The van der Waals surface area contributed by atoms with E-state index in [-0.39, 0.29) is 4.90 Å². The molecule has 100 valence electrons. The predicted octanol–water partition coefficient (Wildman–Crippen LogP) is 3.02. The lowest BCUT2D eigenvalue weighted by atomic mass is 10.3. The van der Waals surface area contributed by atoms with Crippen molar-refractivity contribution in [3.05, 3.63) is 48.3 Å². The minimum Gasteiger partial charge on any atom is -0.457 e. The fourth-order valence-corrected chi connectivity index (χ4v) is 2.33. The van der Waals surface area contributed by atoms with Crippen LogP contribution in [0, 0.1) is 0 Å². The van der Waals surface area contributed by atoms with Crippen molar-refractivity contribution in [1.29, 1.82) is 0 Å². The van der Waals surface area contributed by atoms with Crippen LogP contribution in [0.3, 0.4) is 0 Å². The van der Waals surface area contributed by atoms with Crippen LogP contribution in [0.25, 0.3) is 0 Å². The topological polar surface area (TPSA) is 56.3 Å². The monoisotopic (exact) mass is 297 g/mol. The summed E-state index contributed by atoms with van der Waals surface area (Å²) in [6, 6.07) is 7.93. The average molecular weight is 298 g/mol. The molecule has 0 saturated heterocycles. The number of pyridine rings is 1. The Morgan fingerprint density at radius 2 is 1.89 bits per heavy atom. The first kappa shape index (κ1) is 13.8. The van der Waals surface area contributed by atoms with Crippen molar-refractivity contribution in [3.8, 4) is 11.5 Å². The van der Waals surface area contributed by atoms with Crippen LogP contribution in [0.15, 0.2) is 47.6 Å². The van der Waals surface area contributed by atoms with Crippen LogP contribution in [0.2, 0.25) is 0 Å². The Balaban J connectivity index is 2.25. The molecule has 1 aromatic carbocycles. The second-order valence-corrected chi connectivity index (χ2v) is 6.25. The van der Waals surface area contributed by atoms with Crippen LogP contribution in [0.5, 0.6) is 11.5 Å². The third-order valence-electron chi connectivity index (χ3n) is 2.48. The Labute approximate surface area is 116 Å². The molecule has 4 nitrogen and oxygen atoms in total. The molecule has 2 aromatic rings. The number of rotatable bonds is 4. The summed E-state index contributed by atoms with van der Waals surface area (Å²) in [5.41, 5.74) is 0.774. The molecule has 19 heavy (non-hydrogen) atoms. The number of hydrogen-bond acceptors (Lipinski definition) is 4. The molecule has 0 atom stereocenters. The largest absolute Gasteiger partial charge is 0.457 e. The summed E-state index contributed by atoms with van der Waals surface area (Å²) in [7, 11) is -3.19. The van der Waals surface area contributed by atoms with E-state index in [1.807, 2.05) is 0 Å². The third kappa shape index (κ3) is 3.45. The van der Waals surface area contributed by atoms with Crippen molar-refractivity contribution in [1.82, 2.24) is 4.98 Å². The lowest BCUT2D eigenvalue weighted by Crippen LogP contribution is -1.96. The molecule has 0 unspecified atom stereocenters. The lowest BCUT2D eigenvalue weighted by molar-refractivity contribution is 0.477. The summed E-state index contributed by atoms with van der Waals surface area (Å²) in [5.74, 6) is 1.45. The molecular formula is C13H12ClNO3S. The first-order chi connectivity index (χ1) is 9.00. The smallest absolute Gasteiger partial charge is 0.175 e. The highest BCUT2D eigenvalue weighted by atomic mass is 35.5. The minimum absolute atomic E-state index is 0.257. The zero-order valence-electron chi connectivity index (χ0n) is 10.2. The Bertz CT molecular complexity index is 669. The SMILES string of the molecule is CS(=O)(=O)c1ccc(Oc2ccncc2CCl)cc1. The number of nitrogens with zero attached hydrogens (tertiary/aromatic N) is 1. The quantitative estimate of drug-likeness (QED) is 0.814. The van der Waals surface area contributed by atoms with Gasteiger partial charge >= 0.3 is 0 Å². The van der Waals surface area contributed by atoms with Crippen LogP contribution in [0.4, 0.5) is 0 Å². The lowest BCUT2D eigenvalue weighted by Gasteiger charge is -2.09. The standard InChI is InChI=1S/C13H12ClNO3S/c1-19(16,17)12-4-2-11(3-5-12)18-13-6-7-15-9-10(13)8-14/h2-7,9H,8H2,1H3. The maximum absolute atomic E-state index is 11.3. The number of hydrogen-bond donors (Lipinski definition) is 0. The summed E-state index contributed by atoms with van der Waals surface area (Å²) in [6.45, 7) is 0. The molecule has 0 bridgehead atoms. The number of halogens is 1. The summed E-state index contributed by atoms with van der Waals surface area (Å²) in [6.07, 6.45) is 4.40. The van der Waals surface area contributed by atoms with Crippen LogP contribution >= 0.6 is 11.6 Å². The van der Waals surface area contributed by atoms with Gasteiger partial charge in [0.1, 0.15) is 11.5 Å². The van der Waals surface area contributed by atoms with Gasteiger partial charge in [-0.3, -0.25) is 4.98 Å². The van der Waals surface area contributed by atoms with Gasteiger partial charge in [-0.1, -0.05) is 0 Å². The van der Waals surface area contributed by atoms with Gasteiger partial charge in [-0.25, -0.2) is 8.42 Å². The molecule has 2 rings (SSSR count). The highest BCUT2D eigenvalue weighted by molar-refractivity contribution is 7.90. The summed E-state index contributed by atoms with van der Waals surface area (Å²) < 4.78 is 28.3. The van der Waals surface area contributed by atoms with Gasteiger partial charge in [-0.05, 0) is 30.3 Å². The Morgan fingerprint density at radius 1 is 1.21 bits per heavy atom. The van der Waals surface area contributed by atoms with Gasteiger partial charge < -0.3 is 4.74 Å². The highest BCUT2D eigenvalue weighted by Crippen LogP contribution is 2.26. The van der Waals surface area contributed by atoms with Gasteiger partial charge in [-0.15, -0.1) is 11.6 Å². The van der Waals surface area contributed by atoms with E-state index in [0.717, 1.165) is 11.8 Å². The molecule has 1 heterocycles. The zero-order chi connectivity index (χ0) is 13.9. The van der Waals surface area contributed by atoms with Crippen molar-refractivity contribution in [2.75, 3.05) is 6.26 Å². The molecule has 6 heteroatoms. The molecule has 1 aromatic heterocycles. The summed E-state index contributed by atoms with van der Waals surface area (Å²) in [4.78, 5) is 4.22. The molecule has 0 aliphatic carbocycles. The van der Waals surface area contributed by atoms with Gasteiger partial charge in [0, 0.05) is 24.2 Å². The Morgan fingerprint density at radius 3 is 2.47 bits per heavy atom. The van der Waals surface area contributed by atoms with E-state index in [9.17, 15) is 8.42 Å². The van der Waals surface area contributed by atoms with E-state index in [1.54, 1.807) is 30.6 Å². The van der Waals surface area contributed by atoms with Gasteiger partial charge in [0.05, 0.1) is 10.8 Å². The molecule has 0 N–H and O–H groups in total. The van der Waals surface area contributed by atoms with Crippen LogP contribution < -0.4 is 4.74 Å². The van der Waals surface area contributed by atoms with E-state index in [0.29, 0.717) is 17.4 Å².